The zero-order chi connectivity index (χ0) is 12.5. The van der Waals surface area contributed by atoms with Gasteiger partial charge in [0.25, 0.3) is 0 Å². The number of nitrogens with one attached hydrogen (secondary N) is 1. The first kappa shape index (κ1) is 10.8. The largest absolute Gasteiger partial charge is 0.355 e. The summed E-state index contributed by atoms with van der Waals surface area (Å²) in [6, 6.07) is 14.1. The van der Waals surface area contributed by atoms with Gasteiger partial charge in [0.15, 0.2) is 0 Å². The van der Waals surface area contributed by atoms with E-state index in [9.17, 15) is 10.1 Å². The summed E-state index contributed by atoms with van der Waals surface area (Å²) in [5, 5.41) is 12.7. The van der Waals surface area contributed by atoms with Gasteiger partial charge in [-0.05, 0) is 23.8 Å². The first-order valence-electron chi connectivity index (χ1n) is 5.85. The van der Waals surface area contributed by atoms with E-state index in [1.54, 1.807) is 0 Å². The molecule has 1 aromatic heterocycles. The Kier molecular flexibility index (Phi) is 2.48. The molecule has 0 radical (unpaired) electrons. The summed E-state index contributed by atoms with van der Waals surface area (Å²) in [5.74, 6) is 0. The van der Waals surface area contributed by atoms with Crippen LogP contribution >= 0.6 is 0 Å². The van der Waals surface area contributed by atoms with Gasteiger partial charge < -0.3 is 4.98 Å². The highest BCUT2D eigenvalue weighted by molar-refractivity contribution is 6.07. The molecule has 1 heterocycles. The molecular formula is C14H12N2O2. The fourth-order valence-corrected chi connectivity index (χ4v) is 2.27. The van der Waals surface area contributed by atoms with Gasteiger partial charge in [0.05, 0.1) is 0 Å². The van der Waals surface area contributed by atoms with Crippen molar-refractivity contribution in [2.45, 2.75) is 6.42 Å². The molecule has 0 unspecified atom stereocenters. The lowest BCUT2D eigenvalue weighted by atomic mass is 10.1. The van der Waals surface area contributed by atoms with Crippen molar-refractivity contribution in [3.8, 4) is 0 Å². The van der Waals surface area contributed by atoms with Crippen molar-refractivity contribution in [2.75, 3.05) is 6.54 Å². The third-order valence-corrected chi connectivity index (χ3v) is 3.15. The molecule has 2 aromatic carbocycles. The number of hydrogen-bond donors (Lipinski definition) is 1. The van der Waals surface area contributed by atoms with Gasteiger partial charge in [-0.3, -0.25) is 10.1 Å². The van der Waals surface area contributed by atoms with Gasteiger partial charge in [-0.15, -0.1) is 0 Å². The summed E-state index contributed by atoms with van der Waals surface area (Å²) < 4.78 is 0. The Balaban J connectivity index is 2.09. The number of nitro groups is 1. The number of para-hydroxylation sites is 1. The highest BCUT2D eigenvalue weighted by atomic mass is 16.6. The molecule has 1 N–H and O–H groups in total. The summed E-state index contributed by atoms with van der Waals surface area (Å²) in [7, 11) is 0. The molecule has 3 aromatic rings. The number of benzene rings is 2. The molecule has 0 saturated carbocycles. The molecule has 0 atom stereocenters. The number of aromatic nitrogens is 1. The van der Waals surface area contributed by atoms with E-state index in [0.29, 0.717) is 6.42 Å². The molecule has 18 heavy (non-hydrogen) atoms. The third-order valence-electron chi connectivity index (χ3n) is 3.15. The highest BCUT2D eigenvalue weighted by Crippen LogP contribution is 2.26. The SMILES string of the molecule is O=[N+]([O-])CCc1ccc2[nH]c3ccccc3c2c1. The monoisotopic (exact) mass is 240 g/mol. The number of hydrogen-bond acceptors (Lipinski definition) is 2. The molecule has 0 aliphatic heterocycles. The van der Waals surface area contributed by atoms with Crippen LogP contribution in [0.4, 0.5) is 0 Å². The third kappa shape index (κ3) is 1.82. The van der Waals surface area contributed by atoms with Gasteiger partial charge >= 0.3 is 0 Å². The molecule has 0 aliphatic rings. The molecule has 0 aliphatic carbocycles. The van der Waals surface area contributed by atoms with Crippen molar-refractivity contribution in [2.24, 2.45) is 0 Å². The van der Waals surface area contributed by atoms with Crippen LogP contribution in [0, 0.1) is 10.1 Å². The predicted molar refractivity (Wildman–Crippen MR) is 71.4 cm³/mol. The van der Waals surface area contributed by atoms with E-state index in [4.69, 9.17) is 0 Å². The van der Waals surface area contributed by atoms with Crippen molar-refractivity contribution in [3.63, 3.8) is 0 Å². The first-order chi connectivity index (χ1) is 8.74. The van der Waals surface area contributed by atoms with Crippen LogP contribution in [-0.4, -0.2) is 16.5 Å². The Morgan fingerprint density at radius 1 is 1.06 bits per heavy atom. The van der Waals surface area contributed by atoms with E-state index in [-0.39, 0.29) is 11.5 Å². The normalized spacial score (nSPS) is 11.1. The number of H-pyrrole nitrogens is 1. The average Bonchev–Trinajstić information content (AvgIpc) is 2.74. The van der Waals surface area contributed by atoms with E-state index in [2.05, 4.69) is 11.1 Å². The maximum atomic E-state index is 10.4. The standard InChI is InChI=1S/C14H12N2O2/c17-16(18)8-7-10-5-6-14-12(9-10)11-3-1-2-4-13(11)15-14/h1-6,9,15H,7-8H2. The maximum Gasteiger partial charge on any atom is 0.207 e. The van der Waals surface area contributed by atoms with Crippen LogP contribution in [0.15, 0.2) is 42.5 Å². The van der Waals surface area contributed by atoms with Crippen LogP contribution in [-0.2, 0) is 6.42 Å². The van der Waals surface area contributed by atoms with Crippen LogP contribution in [0.1, 0.15) is 5.56 Å². The first-order valence-corrected chi connectivity index (χ1v) is 5.85. The van der Waals surface area contributed by atoms with Crippen molar-refractivity contribution in [1.82, 2.24) is 4.98 Å². The lowest BCUT2D eigenvalue weighted by Gasteiger charge is -1.98. The fourth-order valence-electron chi connectivity index (χ4n) is 2.27. The maximum absolute atomic E-state index is 10.4. The lowest BCUT2D eigenvalue weighted by molar-refractivity contribution is -0.479. The molecule has 0 amide bonds. The number of rotatable bonds is 3. The van der Waals surface area contributed by atoms with Crippen LogP contribution in [0.3, 0.4) is 0 Å². The van der Waals surface area contributed by atoms with Crippen LogP contribution < -0.4 is 0 Å². The minimum Gasteiger partial charge on any atom is -0.355 e. The van der Waals surface area contributed by atoms with Crippen LogP contribution in [0.5, 0.6) is 0 Å². The quantitative estimate of drug-likeness (QED) is 0.564. The van der Waals surface area contributed by atoms with Gasteiger partial charge in [-0.2, -0.15) is 0 Å². The second kappa shape index (κ2) is 4.14. The molecule has 4 nitrogen and oxygen atoms in total. The van der Waals surface area contributed by atoms with E-state index in [0.717, 1.165) is 27.4 Å². The minimum atomic E-state index is -0.278. The van der Waals surface area contributed by atoms with E-state index in [1.807, 2.05) is 36.4 Å². The smallest absolute Gasteiger partial charge is 0.207 e. The number of fused-ring (bicyclic) bond motifs is 3. The van der Waals surface area contributed by atoms with Gasteiger partial charge in [0.1, 0.15) is 0 Å². The summed E-state index contributed by atoms with van der Waals surface area (Å²) in [6.45, 7) is -0.0200. The fraction of sp³-hybridized carbons (Fsp3) is 0.143. The predicted octanol–water partition coefficient (Wildman–Crippen LogP) is 3.14. The molecule has 0 saturated heterocycles. The highest BCUT2D eigenvalue weighted by Gasteiger charge is 2.06. The van der Waals surface area contributed by atoms with Crippen molar-refractivity contribution in [3.05, 3.63) is 58.1 Å². The zero-order valence-corrected chi connectivity index (χ0v) is 9.72. The molecule has 0 bridgehead atoms. The summed E-state index contributed by atoms with van der Waals surface area (Å²) in [5.41, 5.74) is 3.17. The Labute approximate surface area is 103 Å². The van der Waals surface area contributed by atoms with Gasteiger partial charge in [-0.25, -0.2) is 0 Å². The molecule has 3 rings (SSSR count). The molecule has 90 valence electrons. The van der Waals surface area contributed by atoms with Crippen molar-refractivity contribution < 1.29 is 4.92 Å². The zero-order valence-electron chi connectivity index (χ0n) is 9.72. The number of nitrogens with zero attached hydrogens (tertiary/aromatic N) is 1. The Morgan fingerprint density at radius 3 is 2.67 bits per heavy atom. The van der Waals surface area contributed by atoms with E-state index < -0.39 is 0 Å². The Hall–Kier alpha value is -2.36. The summed E-state index contributed by atoms with van der Waals surface area (Å²) in [4.78, 5) is 13.5. The second-order valence-corrected chi connectivity index (χ2v) is 4.36. The molecule has 4 heteroatoms. The van der Waals surface area contributed by atoms with Gasteiger partial charge in [0.2, 0.25) is 6.54 Å². The Morgan fingerprint density at radius 2 is 1.83 bits per heavy atom. The van der Waals surface area contributed by atoms with Gasteiger partial charge in [-0.1, -0.05) is 24.3 Å². The minimum absolute atomic E-state index is 0.0200. The second-order valence-electron chi connectivity index (χ2n) is 4.36. The molecule has 0 spiro atoms. The lowest BCUT2D eigenvalue weighted by Crippen LogP contribution is -2.03. The molecule has 0 fully saturated rings. The topological polar surface area (TPSA) is 58.9 Å². The van der Waals surface area contributed by atoms with Crippen molar-refractivity contribution >= 4 is 21.8 Å². The number of aromatic amines is 1. The summed E-state index contributed by atoms with van der Waals surface area (Å²) >= 11 is 0. The van der Waals surface area contributed by atoms with Gasteiger partial charge in [0, 0.05) is 33.1 Å². The van der Waals surface area contributed by atoms with Crippen molar-refractivity contribution in [1.29, 1.82) is 0 Å². The van der Waals surface area contributed by atoms with Crippen LogP contribution in [0.2, 0.25) is 0 Å². The van der Waals surface area contributed by atoms with E-state index >= 15 is 0 Å². The Bertz CT molecular complexity index is 731. The molecular weight excluding hydrogens is 228 g/mol. The van der Waals surface area contributed by atoms with E-state index in [1.165, 1.54) is 0 Å². The average molecular weight is 240 g/mol. The summed E-state index contributed by atoms with van der Waals surface area (Å²) in [6.07, 6.45) is 0.475. The van der Waals surface area contributed by atoms with Crippen LogP contribution in [0.25, 0.3) is 21.8 Å².